The molecular weight excluding hydrogens is 285 g/mol. The zero-order valence-electron chi connectivity index (χ0n) is 13.1. The van der Waals surface area contributed by atoms with Gasteiger partial charge in [0.15, 0.2) is 0 Å². The van der Waals surface area contributed by atoms with Crippen LogP contribution in [0.3, 0.4) is 0 Å². The lowest BCUT2D eigenvalue weighted by molar-refractivity contribution is 0.247. The minimum absolute atomic E-state index is 0. The van der Waals surface area contributed by atoms with E-state index in [1.54, 1.807) is 0 Å². The van der Waals surface area contributed by atoms with Crippen molar-refractivity contribution < 1.29 is 4.70 Å². The molecule has 0 spiro atoms. The largest absolute Gasteiger partial charge is 0.291 e. The first-order valence-corrected chi connectivity index (χ1v) is 7.74. The molecule has 0 saturated carbocycles. The predicted molar refractivity (Wildman–Crippen MR) is 94.8 cm³/mol. The lowest BCUT2D eigenvalue weighted by Crippen LogP contribution is -2.22. The Kier molecular flexibility index (Phi) is 6.52. The SMILES string of the molecule is F.c1ccc(CN(Cc2ccccc2)Cc2ccccc2)cc1. The van der Waals surface area contributed by atoms with Crippen molar-refractivity contribution in [1.29, 1.82) is 0 Å². The monoisotopic (exact) mass is 307 g/mol. The minimum atomic E-state index is 0. The molecule has 0 atom stereocenters. The third-order valence-electron chi connectivity index (χ3n) is 3.75. The fourth-order valence-corrected chi connectivity index (χ4v) is 2.69. The lowest BCUT2D eigenvalue weighted by Gasteiger charge is -2.23. The van der Waals surface area contributed by atoms with Gasteiger partial charge >= 0.3 is 0 Å². The number of halogens is 1. The Hall–Kier alpha value is -2.45. The van der Waals surface area contributed by atoms with Crippen LogP contribution in [-0.2, 0) is 19.6 Å². The summed E-state index contributed by atoms with van der Waals surface area (Å²) in [4.78, 5) is 2.49. The number of nitrogens with zero attached hydrogens (tertiary/aromatic N) is 1. The summed E-state index contributed by atoms with van der Waals surface area (Å²) in [5.41, 5.74) is 4.07. The molecule has 0 unspecified atom stereocenters. The van der Waals surface area contributed by atoms with Crippen LogP contribution in [0.1, 0.15) is 16.7 Å². The second-order valence-corrected chi connectivity index (χ2v) is 5.60. The van der Waals surface area contributed by atoms with Crippen molar-refractivity contribution in [3.8, 4) is 0 Å². The lowest BCUT2D eigenvalue weighted by atomic mass is 10.1. The summed E-state index contributed by atoms with van der Waals surface area (Å²) in [5.74, 6) is 0. The van der Waals surface area contributed by atoms with E-state index in [1.165, 1.54) is 16.7 Å². The Morgan fingerprint density at radius 2 is 0.696 bits per heavy atom. The fraction of sp³-hybridized carbons (Fsp3) is 0.143. The summed E-state index contributed by atoms with van der Waals surface area (Å²) in [7, 11) is 0. The van der Waals surface area contributed by atoms with Crippen molar-refractivity contribution in [3.63, 3.8) is 0 Å². The summed E-state index contributed by atoms with van der Waals surface area (Å²) in [6.07, 6.45) is 0. The maximum atomic E-state index is 2.49. The molecule has 0 amide bonds. The van der Waals surface area contributed by atoms with Gasteiger partial charge in [-0.2, -0.15) is 0 Å². The van der Waals surface area contributed by atoms with Crippen molar-refractivity contribution in [3.05, 3.63) is 108 Å². The van der Waals surface area contributed by atoms with Gasteiger partial charge in [-0.3, -0.25) is 9.60 Å². The third kappa shape index (κ3) is 5.35. The van der Waals surface area contributed by atoms with Crippen LogP contribution in [0, 0.1) is 0 Å². The van der Waals surface area contributed by atoms with E-state index in [9.17, 15) is 0 Å². The molecule has 3 aromatic rings. The van der Waals surface area contributed by atoms with Crippen LogP contribution < -0.4 is 0 Å². The van der Waals surface area contributed by atoms with Crippen LogP contribution in [0.15, 0.2) is 91.0 Å². The smallest absolute Gasteiger partial charge is 0.0240 e. The van der Waals surface area contributed by atoms with Crippen LogP contribution in [-0.4, -0.2) is 4.90 Å². The number of hydrogen-bond donors (Lipinski definition) is 0. The van der Waals surface area contributed by atoms with Gasteiger partial charge in [-0.15, -0.1) is 0 Å². The molecule has 3 aromatic carbocycles. The van der Waals surface area contributed by atoms with Crippen LogP contribution in [0.2, 0.25) is 0 Å². The average Bonchev–Trinajstić information content (AvgIpc) is 2.57. The van der Waals surface area contributed by atoms with E-state index >= 15 is 0 Å². The molecule has 0 aliphatic carbocycles. The van der Waals surface area contributed by atoms with Gasteiger partial charge in [-0.05, 0) is 16.7 Å². The van der Waals surface area contributed by atoms with E-state index in [2.05, 4.69) is 95.9 Å². The number of rotatable bonds is 6. The van der Waals surface area contributed by atoms with E-state index in [-0.39, 0.29) is 4.70 Å². The first kappa shape index (κ1) is 16.9. The molecular formula is C21H22FN. The highest BCUT2D eigenvalue weighted by Crippen LogP contribution is 2.14. The molecule has 118 valence electrons. The first-order chi connectivity index (χ1) is 10.9. The summed E-state index contributed by atoms with van der Waals surface area (Å²) in [6.45, 7) is 2.89. The molecule has 0 N–H and O–H groups in total. The predicted octanol–water partition coefficient (Wildman–Crippen LogP) is 5.04. The fourth-order valence-electron chi connectivity index (χ4n) is 2.69. The van der Waals surface area contributed by atoms with E-state index in [1.807, 2.05) is 0 Å². The van der Waals surface area contributed by atoms with Crippen LogP contribution in [0.4, 0.5) is 4.70 Å². The van der Waals surface area contributed by atoms with Crippen LogP contribution in [0.5, 0.6) is 0 Å². The Morgan fingerprint density at radius 1 is 0.435 bits per heavy atom. The van der Waals surface area contributed by atoms with Gasteiger partial charge in [0.25, 0.3) is 0 Å². The Morgan fingerprint density at radius 3 is 0.957 bits per heavy atom. The molecule has 0 bridgehead atoms. The van der Waals surface area contributed by atoms with Crippen molar-refractivity contribution in [1.82, 2.24) is 4.90 Å². The second kappa shape index (κ2) is 8.86. The first-order valence-electron chi connectivity index (χ1n) is 7.74. The Bertz CT molecular complexity index is 569. The number of hydrogen-bond acceptors (Lipinski definition) is 1. The normalized spacial score (nSPS) is 10.3. The highest BCUT2D eigenvalue weighted by Gasteiger charge is 2.08. The van der Waals surface area contributed by atoms with Crippen molar-refractivity contribution in [2.75, 3.05) is 0 Å². The van der Waals surface area contributed by atoms with Crippen molar-refractivity contribution in [2.24, 2.45) is 0 Å². The van der Waals surface area contributed by atoms with Gasteiger partial charge < -0.3 is 0 Å². The molecule has 0 aliphatic rings. The van der Waals surface area contributed by atoms with E-state index < -0.39 is 0 Å². The molecule has 3 rings (SSSR count). The van der Waals surface area contributed by atoms with Crippen LogP contribution in [0.25, 0.3) is 0 Å². The maximum Gasteiger partial charge on any atom is 0.0240 e. The molecule has 0 radical (unpaired) electrons. The van der Waals surface area contributed by atoms with Gasteiger partial charge in [0, 0.05) is 19.6 Å². The van der Waals surface area contributed by atoms with Crippen LogP contribution >= 0.6 is 0 Å². The maximum absolute atomic E-state index is 2.49. The van der Waals surface area contributed by atoms with E-state index in [0.717, 1.165) is 19.6 Å². The van der Waals surface area contributed by atoms with Gasteiger partial charge in [-0.25, -0.2) is 0 Å². The second-order valence-electron chi connectivity index (χ2n) is 5.60. The molecule has 2 heteroatoms. The van der Waals surface area contributed by atoms with E-state index in [4.69, 9.17) is 0 Å². The van der Waals surface area contributed by atoms with Crippen molar-refractivity contribution >= 4 is 0 Å². The quantitative estimate of drug-likeness (QED) is 0.616. The average molecular weight is 307 g/mol. The zero-order valence-corrected chi connectivity index (χ0v) is 13.1. The standard InChI is InChI=1S/C21H21N.FH/c1-4-10-19(11-5-1)16-22(17-20-12-6-2-7-13-20)18-21-14-8-3-9-15-21;/h1-15H,16-18H2;1H. The molecule has 0 aliphatic heterocycles. The van der Waals surface area contributed by atoms with Gasteiger partial charge in [0.05, 0.1) is 0 Å². The summed E-state index contributed by atoms with van der Waals surface area (Å²) in [6, 6.07) is 32.1. The Balaban J connectivity index is 0.00000192. The summed E-state index contributed by atoms with van der Waals surface area (Å²) >= 11 is 0. The number of benzene rings is 3. The van der Waals surface area contributed by atoms with E-state index in [0.29, 0.717) is 0 Å². The summed E-state index contributed by atoms with van der Waals surface area (Å²) in [5, 5.41) is 0. The molecule has 0 aromatic heterocycles. The molecule has 0 heterocycles. The topological polar surface area (TPSA) is 3.24 Å². The molecule has 0 saturated heterocycles. The third-order valence-corrected chi connectivity index (χ3v) is 3.75. The minimum Gasteiger partial charge on any atom is -0.291 e. The molecule has 0 fully saturated rings. The van der Waals surface area contributed by atoms with Gasteiger partial charge in [0.1, 0.15) is 0 Å². The highest BCUT2D eigenvalue weighted by atomic mass is 19.0. The van der Waals surface area contributed by atoms with Crippen molar-refractivity contribution in [2.45, 2.75) is 19.6 Å². The van der Waals surface area contributed by atoms with Gasteiger partial charge in [-0.1, -0.05) is 91.0 Å². The summed E-state index contributed by atoms with van der Waals surface area (Å²) < 4.78 is 0. The zero-order chi connectivity index (χ0) is 15.0. The highest BCUT2D eigenvalue weighted by molar-refractivity contribution is 5.19. The Labute approximate surface area is 137 Å². The molecule has 23 heavy (non-hydrogen) atoms. The van der Waals surface area contributed by atoms with Gasteiger partial charge in [0.2, 0.25) is 0 Å². The molecule has 1 nitrogen and oxygen atoms in total.